The van der Waals surface area contributed by atoms with E-state index in [0.717, 1.165) is 5.75 Å². The molecule has 0 aromatic carbocycles. The molecule has 2 heterocycles. The number of pyridine rings is 1. The second-order valence-corrected chi connectivity index (χ2v) is 8.16. The maximum atomic E-state index is 12.7. The molecule has 8 heteroatoms. The van der Waals surface area contributed by atoms with E-state index in [1.54, 1.807) is 30.2 Å². The number of hydrogen-bond donors (Lipinski definition) is 1. The minimum Gasteiger partial charge on any atom is -0.383 e. The number of carbonyl (C=O) groups is 1. The van der Waals surface area contributed by atoms with E-state index >= 15 is 0 Å². The molecule has 0 spiro atoms. The van der Waals surface area contributed by atoms with E-state index in [4.69, 9.17) is 0 Å². The van der Waals surface area contributed by atoms with Crippen molar-refractivity contribution in [1.29, 1.82) is 0 Å². The van der Waals surface area contributed by atoms with Crippen molar-refractivity contribution in [3.05, 3.63) is 24.0 Å². The van der Waals surface area contributed by atoms with Gasteiger partial charge in [-0.2, -0.15) is 11.8 Å². The van der Waals surface area contributed by atoms with Crippen LogP contribution in [0.3, 0.4) is 0 Å². The lowest BCUT2D eigenvalue weighted by molar-refractivity contribution is 0.0750. The third kappa shape index (κ3) is 3.68. The Morgan fingerprint density at radius 3 is 3.00 bits per heavy atom. The summed E-state index contributed by atoms with van der Waals surface area (Å²) in [6, 6.07) is 1.63. The fraction of sp³-hybridized carbons (Fsp3) is 0.538. The molecule has 1 fully saturated rings. The normalized spacial score (nSPS) is 19.3. The number of nitrogens with zero attached hydrogens (tertiary/aromatic N) is 2. The van der Waals surface area contributed by atoms with Gasteiger partial charge in [0.2, 0.25) is 0 Å². The summed E-state index contributed by atoms with van der Waals surface area (Å²) in [6.45, 7) is 3.03. The number of amides is 1. The average molecular weight is 329 g/mol. The molecule has 1 aromatic heterocycles. The maximum Gasteiger partial charge on any atom is 0.257 e. The van der Waals surface area contributed by atoms with Crippen molar-refractivity contribution in [2.45, 2.75) is 12.3 Å². The molecule has 0 bridgehead atoms. The molecule has 1 saturated heterocycles. The van der Waals surface area contributed by atoms with Gasteiger partial charge in [-0.3, -0.25) is 9.78 Å². The molecule has 21 heavy (non-hydrogen) atoms. The summed E-state index contributed by atoms with van der Waals surface area (Å²) in [5.74, 6) is 0.912. The van der Waals surface area contributed by atoms with E-state index in [1.165, 1.54) is 11.2 Å². The minimum atomic E-state index is -3.30. The van der Waals surface area contributed by atoms with E-state index in [2.05, 4.69) is 10.3 Å². The van der Waals surface area contributed by atoms with Gasteiger partial charge in [0.05, 0.1) is 17.4 Å². The molecule has 2 rings (SSSR count). The van der Waals surface area contributed by atoms with E-state index in [0.29, 0.717) is 30.1 Å². The van der Waals surface area contributed by atoms with Gasteiger partial charge in [0.25, 0.3) is 5.91 Å². The fourth-order valence-corrected chi connectivity index (χ4v) is 5.05. The number of rotatable bonds is 4. The smallest absolute Gasteiger partial charge is 0.257 e. The highest BCUT2D eigenvalue weighted by molar-refractivity contribution is 8.00. The van der Waals surface area contributed by atoms with Crippen molar-refractivity contribution < 1.29 is 13.2 Å². The summed E-state index contributed by atoms with van der Waals surface area (Å²) in [4.78, 5) is 18.2. The Morgan fingerprint density at radius 2 is 2.33 bits per heavy atom. The SMILES string of the molecule is CCNc1cnccc1C(=O)N1CCSCC1S(C)(=O)=O. The number of carbonyl (C=O) groups excluding carboxylic acids is 1. The Kier molecular flexibility index (Phi) is 5.10. The monoisotopic (exact) mass is 329 g/mol. The lowest BCUT2D eigenvalue weighted by Crippen LogP contribution is -2.50. The molecular formula is C13H19N3O3S2. The van der Waals surface area contributed by atoms with E-state index in [-0.39, 0.29) is 5.91 Å². The minimum absolute atomic E-state index is 0.260. The highest BCUT2D eigenvalue weighted by atomic mass is 32.2. The van der Waals surface area contributed by atoms with Crippen LogP contribution in [0, 0.1) is 0 Å². The van der Waals surface area contributed by atoms with Crippen molar-refractivity contribution in [3.8, 4) is 0 Å². The molecule has 1 unspecified atom stereocenters. The number of nitrogens with one attached hydrogen (secondary N) is 1. The standard InChI is InChI=1S/C13H19N3O3S2/c1-3-15-11-8-14-5-4-10(11)13(17)16-6-7-20-9-12(16)21(2,18)19/h4-5,8,12,15H,3,6-7,9H2,1-2H3. The van der Waals surface area contributed by atoms with Gasteiger partial charge < -0.3 is 10.2 Å². The second-order valence-electron chi connectivity index (χ2n) is 4.81. The number of aromatic nitrogens is 1. The largest absolute Gasteiger partial charge is 0.383 e. The van der Waals surface area contributed by atoms with E-state index in [9.17, 15) is 13.2 Å². The molecule has 1 aliphatic rings. The van der Waals surface area contributed by atoms with Crippen LogP contribution >= 0.6 is 11.8 Å². The maximum absolute atomic E-state index is 12.7. The first-order valence-corrected chi connectivity index (χ1v) is 9.81. The molecular weight excluding hydrogens is 310 g/mol. The van der Waals surface area contributed by atoms with Gasteiger partial charge in [-0.05, 0) is 13.0 Å². The second kappa shape index (κ2) is 6.65. The van der Waals surface area contributed by atoms with Gasteiger partial charge in [-0.1, -0.05) is 0 Å². The summed E-state index contributed by atoms with van der Waals surface area (Å²) in [5, 5.41) is 2.33. The molecule has 6 nitrogen and oxygen atoms in total. The number of hydrogen-bond acceptors (Lipinski definition) is 6. The number of sulfone groups is 1. The highest BCUT2D eigenvalue weighted by Gasteiger charge is 2.35. The van der Waals surface area contributed by atoms with Gasteiger partial charge in [0.1, 0.15) is 5.37 Å². The molecule has 1 aliphatic heterocycles. The lowest BCUT2D eigenvalue weighted by atomic mass is 10.2. The van der Waals surface area contributed by atoms with Crippen LogP contribution in [-0.2, 0) is 9.84 Å². The van der Waals surface area contributed by atoms with Crippen LogP contribution in [0.1, 0.15) is 17.3 Å². The Hall–Kier alpha value is -1.28. The third-order valence-electron chi connectivity index (χ3n) is 3.26. The third-order valence-corrected chi connectivity index (χ3v) is 5.90. The van der Waals surface area contributed by atoms with Gasteiger partial charge in [-0.25, -0.2) is 8.42 Å². The predicted octanol–water partition coefficient (Wildman–Crippen LogP) is 1.07. The first-order valence-electron chi connectivity index (χ1n) is 6.70. The molecule has 0 saturated carbocycles. The van der Waals surface area contributed by atoms with E-state index in [1.807, 2.05) is 6.92 Å². The fourth-order valence-electron chi connectivity index (χ4n) is 2.24. The summed E-state index contributed by atoms with van der Waals surface area (Å²) in [7, 11) is -3.30. The molecule has 1 atom stereocenters. The Bertz CT molecular complexity index is 619. The van der Waals surface area contributed by atoms with Gasteiger partial charge in [0, 0.05) is 37.0 Å². The zero-order chi connectivity index (χ0) is 15.5. The summed E-state index contributed by atoms with van der Waals surface area (Å²) in [6.07, 6.45) is 4.31. The Morgan fingerprint density at radius 1 is 1.57 bits per heavy atom. The van der Waals surface area contributed by atoms with Crippen LogP contribution in [0.25, 0.3) is 0 Å². The van der Waals surface area contributed by atoms with Crippen LogP contribution in [0.15, 0.2) is 18.5 Å². The average Bonchev–Trinajstić information content (AvgIpc) is 2.46. The lowest BCUT2D eigenvalue weighted by Gasteiger charge is -2.34. The van der Waals surface area contributed by atoms with Crippen LogP contribution in [0.4, 0.5) is 5.69 Å². The topological polar surface area (TPSA) is 79.4 Å². The number of anilines is 1. The first kappa shape index (κ1) is 16.1. The molecule has 0 radical (unpaired) electrons. The Balaban J connectivity index is 2.33. The quantitative estimate of drug-likeness (QED) is 0.890. The van der Waals surface area contributed by atoms with Gasteiger partial charge in [0.15, 0.2) is 9.84 Å². The first-order chi connectivity index (χ1) is 9.95. The zero-order valence-corrected chi connectivity index (χ0v) is 13.7. The van der Waals surface area contributed by atoms with E-state index < -0.39 is 15.2 Å². The summed E-state index contributed by atoms with van der Waals surface area (Å²) >= 11 is 1.56. The predicted molar refractivity (Wildman–Crippen MR) is 85.4 cm³/mol. The van der Waals surface area contributed by atoms with Gasteiger partial charge >= 0.3 is 0 Å². The van der Waals surface area contributed by atoms with Crippen molar-refractivity contribution in [2.24, 2.45) is 0 Å². The summed E-state index contributed by atoms with van der Waals surface area (Å²) in [5.41, 5.74) is 1.10. The molecule has 1 amide bonds. The molecule has 116 valence electrons. The van der Waals surface area contributed by atoms with Crippen molar-refractivity contribution >= 4 is 33.2 Å². The van der Waals surface area contributed by atoms with Crippen LogP contribution in [0.5, 0.6) is 0 Å². The summed E-state index contributed by atoms with van der Waals surface area (Å²) < 4.78 is 23.8. The zero-order valence-electron chi connectivity index (χ0n) is 12.1. The van der Waals surface area contributed by atoms with Crippen LogP contribution < -0.4 is 5.32 Å². The molecule has 0 aliphatic carbocycles. The highest BCUT2D eigenvalue weighted by Crippen LogP contribution is 2.24. The van der Waals surface area contributed by atoms with Crippen LogP contribution in [0.2, 0.25) is 0 Å². The Labute approximate surface area is 129 Å². The van der Waals surface area contributed by atoms with Crippen LogP contribution in [-0.4, -0.2) is 60.4 Å². The van der Waals surface area contributed by atoms with Gasteiger partial charge in [-0.15, -0.1) is 0 Å². The van der Waals surface area contributed by atoms with Crippen molar-refractivity contribution in [2.75, 3.05) is 36.2 Å². The number of thioether (sulfide) groups is 1. The molecule has 1 N–H and O–H groups in total. The van der Waals surface area contributed by atoms with Crippen molar-refractivity contribution in [3.63, 3.8) is 0 Å². The van der Waals surface area contributed by atoms with Crippen molar-refractivity contribution in [1.82, 2.24) is 9.88 Å². The molecule has 1 aromatic rings.